The summed E-state index contributed by atoms with van der Waals surface area (Å²) in [4.78, 5) is 11.8. The second kappa shape index (κ2) is 5.01. The van der Waals surface area contributed by atoms with Crippen molar-refractivity contribution in [2.45, 2.75) is 27.2 Å². The van der Waals surface area contributed by atoms with E-state index in [4.69, 9.17) is 5.73 Å². The van der Waals surface area contributed by atoms with Crippen molar-refractivity contribution in [3.05, 3.63) is 11.4 Å². The van der Waals surface area contributed by atoms with E-state index in [1.807, 2.05) is 0 Å². The molecule has 0 atom stereocenters. The Balaban J connectivity index is 2.66. The average Bonchev–Trinajstić information content (AvgIpc) is 2.40. The third kappa shape index (κ3) is 2.74. The lowest BCUT2D eigenvalue weighted by atomic mass is 10.1. The summed E-state index contributed by atoms with van der Waals surface area (Å²) in [6.07, 6.45) is 0.961. The molecule has 0 aliphatic carbocycles. The fourth-order valence-electron chi connectivity index (χ4n) is 1.50. The van der Waals surface area contributed by atoms with E-state index in [1.165, 1.54) is 4.68 Å². The van der Waals surface area contributed by atoms with Crippen molar-refractivity contribution < 1.29 is 4.79 Å². The summed E-state index contributed by atoms with van der Waals surface area (Å²) < 4.78 is 1.52. The molecule has 3 N–H and O–H groups in total. The first kappa shape index (κ1) is 12.5. The highest BCUT2D eigenvalue weighted by atomic mass is 16.2. The zero-order chi connectivity index (χ0) is 12.3. The summed E-state index contributed by atoms with van der Waals surface area (Å²) >= 11 is 0. The Kier molecular flexibility index (Phi) is 3.93. The lowest BCUT2D eigenvalue weighted by Gasteiger charge is -2.07. The van der Waals surface area contributed by atoms with Crippen LogP contribution in [0, 0.1) is 12.8 Å². The smallest absolute Gasteiger partial charge is 0.271 e. The molecule has 5 heteroatoms. The quantitative estimate of drug-likeness (QED) is 0.804. The minimum absolute atomic E-state index is 0.152. The van der Waals surface area contributed by atoms with Gasteiger partial charge in [-0.2, -0.15) is 5.10 Å². The number of anilines is 1. The Morgan fingerprint density at radius 1 is 1.56 bits per heavy atom. The van der Waals surface area contributed by atoms with Crippen LogP contribution in [0.4, 0.5) is 5.69 Å². The van der Waals surface area contributed by atoms with E-state index in [0.29, 0.717) is 29.5 Å². The van der Waals surface area contributed by atoms with Gasteiger partial charge in [0, 0.05) is 13.6 Å². The highest BCUT2D eigenvalue weighted by molar-refractivity contribution is 5.97. The number of nitrogens with one attached hydrogen (secondary N) is 1. The van der Waals surface area contributed by atoms with Crippen molar-refractivity contribution in [3.63, 3.8) is 0 Å². The highest BCUT2D eigenvalue weighted by Crippen LogP contribution is 2.14. The number of carbonyl (C=O) groups excluding carboxylic acids is 1. The Labute approximate surface area is 96.0 Å². The van der Waals surface area contributed by atoms with Crippen LogP contribution in [0.5, 0.6) is 0 Å². The van der Waals surface area contributed by atoms with Gasteiger partial charge in [0.25, 0.3) is 5.91 Å². The van der Waals surface area contributed by atoms with Crippen molar-refractivity contribution >= 4 is 11.6 Å². The number of aromatic nitrogens is 2. The van der Waals surface area contributed by atoms with Gasteiger partial charge in [-0.15, -0.1) is 0 Å². The molecule has 0 unspecified atom stereocenters. The van der Waals surface area contributed by atoms with Crippen LogP contribution in [0.25, 0.3) is 0 Å². The van der Waals surface area contributed by atoms with E-state index < -0.39 is 0 Å². The maximum absolute atomic E-state index is 11.8. The summed E-state index contributed by atoms with van der Waals surface area (Å²) in [6, 6.07) is 0. The van der Waals surface area contributed by atoms with Gasteiger partial charge in [0.05, 0.1) is 11.4 Å². The number of hydrogen-bond acceptors (Lipinski definition) is 3. The zero-order valence-corrected chi connectivity index (χ0v) is 10.4. The third-order valence-corrected chi connectivity index (χ3v) is 2.49. The Hall–Kier alpha value is -1.52. The number of nitrogens with zero attached hydrogens (tertiary/aromatic N) is 2. The molecule has 0 aromatic carbocycles. The van der Waals surface area contributed by atoms with Crippen LogP contribution in [0.3, 0.4) is 0 Å². The molecule has 0 fully saturated rings. The van der Waals surface area contributed by atoms with Gasteiger partial charge < -0.3 is 11.1 Å². The normalized spacial score (nSPS) is 10.8. The fraction of sp³-hybridized carbons (Fsp3) is 0.636. The van der Waals surface area contributed by atoms with Gasteiger partial charge >= 0.3 is 0 Å². The highest BCUT2D eigenvalue weighted by Gasteiger charge is 2.17. The molecule has 16 heavy (non-hydrogen) atoms. The molecular weight excluding hydrogens is 204 g/mol. The lowest BCUT2D eigenvalue weighted by molar-refractivity contribution is 0.0943. The standard InChI is InChI=1S/C11H20N4O/c1-7(2)5-6-13-11(16)10-9(12)8(3)14-15(10)4/h7H,5-6,12H2,1-4H3,(H,13,16). The van der Waals surface area contributed by atoms with E-state index in [9.17, 15) is 4.79 Å². The number of hydrogen-bond donors (Lipinski definition) is 2. The average molecular weight is 224 g/mol. The van der Waals surface area contributed by atoms with Crippen molar-refractivity contribution in [1.29, 1.82) is 0 Å². The van der Waals surface area contributed by atoms with Gasteiger partial charge in [0.1, 0.15) is 5.69 Å². The van der Waals surface area contributed by atoms with Crippen molar-refractivity contribution in [1.82, 2.24) is 15.1 Å². The Bertz CT molecular complexity index is 382. The van der Waals surface area contributed by atoms with E-state index >= 15 is 0 Å². The first-order chi connectivity index (χ1) is 7.43. The molecule has 1 amide bonds. The summed E-state index contributed by atoms with van der Waals surface area (Å²) in [6.45, 7) is 6.70. The molecule has 1 heterocycles. The molecule has 0 spiro atoms. The monoisotopic (exact) mass is 224 g/mol. The first-order valence-electron chi connectivity index (χ1n) is 5.50. The molecule has 0 aliphatic rings. The fourth-order valence-corrected chi connectivity index (χ4v) is 1.50. The van der Waals surface area contributed by atoms with Crippen molar-refractivity contribution in [3.8, 4) is 0 Å². The zero-order valence-electron chi connectivity index (χ0n) is 10.4. The van der Waals surface area contributed by atoms with Crippen LogP contribution in [0.1, 0.15) is 36.5 Å². The van der Waals surface area contributed by atoms with E-state index in [-0.39, 0.29) is 5.91 Å². The van der Waals surface area contributed by atoms with E-state index in [0.717, 1.165) is 6.42 Å². The van der Waals surface area contributed by atoms with Crippen LogP contribution >= 0.6 is 0 Å². The molecule has 1 aromatic rings. The minimum Gasteiger partial charge on any atom is -0.395 e. The van der Waals surface area contributed by atoms with Gasteiger partial charge in [-0.05, 0) is 19.3 Å². The van der Waals surface area contributed by atoms with Crippen LogP contribution < -0.4 is 11.1 Å². The molecule has 0 aliphatic heterocycles. The molecule has 5 nitrogen and oxygen atoms in total. The minimum atomic E-state index is -0.152. The van der Waals surface area contributed by atoms with Crippen LogP contribution in [-0.4, -0.2) is 22.2 Å². The summed E-state index contributed by atoms with van der Waals surface area (Å²) in [5.41, 5.74) is 7.39. The Morgan fingerprint density at radius 2 is 2.19 bits per heavy atom. The van der Waals surface area contributed by atoms with Crippen LogP contribution in [0.2, 0.25) is 0 Å². The molecule has 0 saturated carbocycles. The Morgan fingerprint density at radius 3 is 2.62 bits per heavy atom. The van der Waals surface area contributed by atoms with Crippen molar-refractivity contribution in [2.24, 2.45) is 13.0 Å². The van der Waals surface area contributed by atoms with Crippen LogP contribution in [0.15, 0.2) is 0 Å². The maximum Gasteiger partial charge on any atom is 0.271 e. The molecule has 1 rings (SSSR count). The number of aryl methyl sites for hydroxylation is 2. The number of nitrogens with two attached hydrogens (primary N) is 1. The van der Waals surface area contributed by atoms with Gasteiger partial charge in [-0.1, -0.05) is 13.8 Å². The van der Waals surface area contributed by atoms with Crippen LogP contribution in [-0.2, 0) is 7.05 Å². The lowest BCUT2D eigenvalue weighted by Crippen LogP contribution is -2.28. The van der Waals surface area contributed by atoms with Gasteiger partial charge in [-0.25, -0.2) is 0 Å². The number of nitrogen functional groups attached to an aromatic ring is 1. The molecule has 0 radical (unpaired) electrons. The number of rotatable bonds is 4. The summed E-state index contributed by atoms with van der Waals surface area (Å²) in [7, 11) is 1.72. The van der Waals surface area contributed by atoms with E-state index in [2.05, 4.69) is 24.3 Å². The van der Waals surface area contributed by atoms with E-state index in [1.54, 1.807) is 14.0 Å². The second-order valence-corrected chi connectivity index (χ2v) is 4.41. The summed E-state index contributed by atoms with van der Waals surface area (Å²) in [5.74, 6) is 0.423. The molecule has 0 bridgehead atoms. The SMILES string of the molecule is Cc1nn(C)c(C(=O)NCCC(C)C)c1N. The molecular formula is C11H20N4O. The molecule has 0 saturated heterocycles. The number of amides is 1. The molecule has 1 aromatic heterocycles. The van der Waals surface area contributed by atoms with Crippen molar-refractivity contribution in [2.75, 3.05) is 12.3 Å². The third-order valence-electron chi connectivity index (χ3n) is 2.49. The second-order valence-electron chi connectivity index (χ2n) is 4.41. The summed E-state index contributed by atoms with van der Waals surface area (Å²) in [5, 5.41) is 6.95. The first-order valence-corrected chi connectivity index (χ1v) is 5.50. The maximum atomic E-state index is 11.8. The van der Waals surface area contributed by atoms with Gasteiger partial charge in [0.2, 0.25) is 0 Å². The number of carbonyl (C=O) groups is 1. The predicted octanol–water partition coefficient (Wildman–Crippen LogP) is 1.09. The topological polar surface area (TPSA) is 72.9 Å². The predicted molar refractivity (Wildman–Crippen MR) is 64.1 cm³/mol. The largest absolute Gasteiger partial charge is 0.395 e. The van der Waals surface area contributed by atoms with Gasteiger partial charge in [-0.3, -0.25) is 9.48 Å². The van der Waals surface area contributed by atoms with Gasteiger partial charge in [0.15, 0.2) is 0 Å². The molecule has 90 valence electrons.